The van der Waals surface area contributed by atoms with Crippen molar-refractivity contribution in [3.8, 4) is 23.0 Å². The van der Waals surface area contributed by atoms with Crippen molar-refractivity contribution in [1.29, 1.82) is 0 Å². The zero-order chi connectivity index (χ0) is 38.8. The quantitative estimate of drug-likeness (QED) is 0.0861. The molecule has 2 aliphatic rings. The van der Waals surface area contributed by atoms with Crippen LogP contribution in [-0.4, -0.2) is 72.1 Å². The van der Waals surface area contributed by atoms with Crippen LogP contribution in [0.5, 0.6) is 23.0 Å². The van der Waals surface area contributed by atoms with Crippen LogP contribution in [0.2, 0.25) is 0 Å². The van der Waals surface area contributed by atoms with Gasteiger partial charge in [0.15, 0.2) is 5.13 Å². The summed E-state index contributed by atoms with van der Waals surface area (Å²) in [4.78, 5) is 22.3. The van der Waals surface area contributed by atoms with Crippen LogP contribution >= 0.6 is 23.1 Å². The maximum atomic E-state index is 13.4. The number of rotatable bonds is 17. The molecule has 1 aromatic heterocycles. The van der Waals surface area contributed by atoms with Crippen molar-refractivity contribution < 1.29 is 34.9 Å². The number of hydrogen-bond donors (Lipinski definition) is 5. The Bertz CT molecular complexity index is 2070. The molecule has 0 unspecified atom stereocenters. The number of ketones is 1. The van der Waals surface area contributed by atoms with Crippen molar-refractivity contribution in [2.45, 2.75) is 79.1 Å². The summed E-state index contributed by atoms with van der Waals surface area (Å²) in [5.74, 6) is -2.85. The number of anilines is 1. The van der Waals surface area contributed by atoms with Crippen LogP contribution in [0.15, 0.2) is 59.4 Å². The van der Waals surface area contributed by atoms with Crippen LogP contribution in [0.4, 0.5) is 5.13 Å². The number of hydrogen-bond acceptors (Lipinski definition) is 10. The smallest absolute Gasteiger partial charge is 0.239 e. The second-order valence-electron chi connectivity index (χ2n) is 13.6. The molecule has 0 fully saturated rings. The number of nitrogens with zero attached hydrogens (tertiary/aromatic N) is 3. The summed E-state index contributed by atoms with van der Waals surface area (Å²) in [6.45, 7) is 12.7. The van der Waals surface area contributed by atoms with Crippen molar-refractivity contribution >= 4 is 68.4 Å². The second-order valence-corrected chi connectivity index (χ2v) is 15.7. The fourth-order valence-corrected chi connectivity index (χ4v) is 8.16. The van der Waals surface area contributed by atoms with Crippen molar-refractivity contribution in [2.75, 3.05) is 31.1 Å². The fraction of sp³-hybridized carbons (Fsp3) is 0.372. The van der Waals surface area contributed by atoms with Gasteiger partial charge in [-0.05, 0) is 77.9 Å². The first-order valence-electron chi connectivity index (χ1n) is 19.0. The molecule has 286 valence electrons. The Morgan fingerprint density at radius 1 is 0.741 bits per heavy atom. The van der Waals surface area contributed by atoms with Gasteiger partial charge in [0, 0.05) is 48.0 Å². The molecule has 0 radical (unpaired) electrons. The first-order valence-corrected chi connectivity index (χ1v) is 20.6. The van der Waals surface area contributed by atoms with E-state index in [0.29, 0.717) is 10.8 Å². The maximum absolute atomic E-state index is 13.4. The van der Waals surface area contributed by atoms with Gasteiger partial charge in [0.25, 0.3) is 0 Å². The predicted molar refractivity (Wildman–Crippen MR) is 224 cm³/mol. The van der Waals surface area contributed by atoms with Crippen LogP contribution in [0.1, 0.15) is 95.1 Å². The van der Waals surface area contributed by atoms with E-state index < -0.39 is 23.0 Å². The van der Waals surface area contributed by atoms with E-state index in [1.165, 1.54) is 29.3 Å². The monoisotopic (exact) mass is 770 g/mol. The summed E-state index contributed by atoms with van der Waals surface area (Å²) in [7, 11) is 0. The normalized spacial score (nSPS) is 14.9. The summed E-state index contributed by atoms with van der Waals surface area (Å²) in [6.07, 6.45) is 22.1. The molecule has 5 rings (SSSR count). The lowest BCUT2D eigenvalue weighted by Gasteiger charge is -2.23. The lowest BCUT2D eigenvalue weighted by atomic mass is 9.81. The van der Waals surface area contributed by atoms with Gasteiger partial charge >= 0.3 is 0 Å². The molecule has 0 bridgehead atoms. The molecule has 54 heavy (non-hydrogen) atoms. The molecule has 5 N–H and O–H groups in total. The largest absolute Gasteiger partial charge is 0.507 e. The molecule has 11 heteroatoms. The molecular formula is C43H52N3O6S2+. The highest BCUT2D eigenvalue weighted by molar-refractivity contribution is 8.18. The highest BCUT2D eigenvalue weighted by atomic mass is 32.2. The number of phenols is 4. The number of benzene rings is 2. The summed E-state index contributed by atoms with van der Waals surface area (Å²) in [5, 5.41) is 57.2. The van der Waals surface area contributed by atoms with E-state index in [1.807, 2.05) is 18.2 Å². The van der Waals surface area contributed by atoms with Gasteiger partial charge in [0.05, 0.1) is 21.9 Å². The van der Waals surface area contributed by atoms with Crippen LogP contribution in [0, 0.1) is 0 Å². The van der Waals surface area contributed by atoms with Gasteiger partial charge in [-0.15, -0.1) is 0 Å². The van der Waals surface area contributed by atoms with E-state index in [4.69, 9.17) is 0 Å². The van der Waals surface area contributed by atoms with E-state index in [0.717, 1.165) is 92.5 Å². The number of aliphatic hydroxyl groups is 1. The van der Waals surface area contributed by atoms with Gasteiger partial charge in [0.2, 0.25) is 10.8 Å². The molecule has 0 amide bonds. The molecule has 2 heterocycles. The Morgan fingerprint density at radius 3 is 1.93 bits per heavy atom. The number of carbonyl (C=O) groups excluding carboxylic acids is 1. The third kappa shape index (κ3) is 9.49. The molecule has 1 aliphatic heterocycles. The van der Waals surface area contributed by atoms with Gasteiger partial charge in [-0.1, -0.05) is 76.9 Å². The Balaban J connectivity index is 1.36. The third-order valence-corrected chi connectivity index (χ3v) is 11.5. The Labute approximate surface area is 326 Å². The van der Waals surface area contributed by atoms with E-state index in [9.17, 15) is 30.3 Å². The Morgan fingerprint density at radius 2 is 1.35 bits per heavy atom. The van der Waals surface area contributed by atoms with Gasteiger partial charge < -0.3 is 30.4 Å². The number of aromatic hydroxyl groups is 4. The lowest BCUT2D eigenvalue weighted by molar-refractivity contribution is -0.525. The number of unbranched alkanes of at least 4 members (excludes halogenated alkanes) is 4. The minimum absolute atomic E-state index is 0.218. The van der Waals surface area contributed by atoms with E-state index in [-0.39, 0.29) is 33.4 Å². The second kappa shape index (κ2) is 19.0. The number of Topliss-reactive ketones (excluding diaryl/α,β-unsaturated/α-hetero) is 1. The molecule has 0 saturated heterocycles. The molecule has 2 aromatic carbocycles. The summed E-state index contributed by atoms with van der Waals surface area (Å²) in [5.41, 5.74) is -0.340. The van der Waals surface area contributed by atoms with Crippen LogP contribution in [-0.2, 0) is 4.79 Å². The lowest BCUT2D eigenvalue weighted by Crippen LogP contribution is -2.28. The number of allylic oxidation sites excluding steroid dienone is 4. The molecule has 0 spiro atoms. The zero-order valence-electron chi connectivity index (χ0n) is 31.6. The summed E-state index contributed by atoms with van der Waals surface area (Å²) < 4.78 is 2.42. The van der Waals surface area contributed by atoms with E-state index in [1.54, 1.807) is 41.4 Å². The molecule has 1 aliphatic carbocycles. The first-order chi connectivity index (χ1) is 26.1. The van der Waals surface area contributed by atoms with Gasteiger partial charge in [-0.3, -0.25) is 4.79 Å². The molecular weight excluding hydrogens is 719 g/mol. The topological polar surface area (TPSA) is 137 Å². The standard InChI is InChI=1S/C43H51N3O6S2/c1-5-9-19-45(20-10-6-2)36-18-17-30(53-36)15-13-28-23-32(47)37(33(48)24-28)39-41(51)40(42(39)52)38-34(49)25-29(26-35(38)50)14-16-31-27-44-43(54-31)46(21-11-7-3)22-12-8-4/h13-18,23-27H,5-12,19-22H2,1-4H3,(H4,47,48,49,50,51,52)/p+1/b16-14+. The predicted octanol–water partition coefficient (Wildman–Crippen LogP) is 8.22. The molecule has 9 nitrogen and oxygen atoms in total. The van der Waals surface area contributed by atoms with Crippen LogP contribution < -0.4 is 15.3 Å². The van der Waals surface area contributed by atoms with Crippen LogP contribution in [0.25, 0.3) is 29.4 Å². The highest BCUT2D eigenvalue weighted by Gasteiger charge is 2.39. The zero-order valence-corrected chi connectivity index (χ0v) is 33.3. The van der Waals surface area contributed by atoms with E-state index >= 15 is 0 Å². The number of carbonyl (C=O) groups is 1. The van der Waals surface area contributed by atoms with Crippen LogP contribution in [0.3, 0.4) is 0 Å². The summed E-state index contributed by atoms with van der Waals surface area (Å²) >= 11 is 3.25. The third-order valence-electron chi connectivity index (χ3n) is 9.38. The van der Waals surface area contributed by atoms with E-state index in [2.05, 4.69) is 48.2 Å². The number of thiazole rings is 1. The highest BCUT2D eigenvalue weighted by Crippen LogP contribution is 2.45. The minimum atomic E-state index is -0.731. The Kier molecular flexibility index (Phi) is 14.3. The van der Waals surface area contributed by atoms with Gasteiger partial charge in [-0.25, -0.2) is 9.56 Å². The Hall–Kier alpha value is -4.74. The van der Waals surface area contributed by atoms with Crippen molar-refractivity contribution in [2.24, 2.45) is 0 Å². The molecule has 3 aromatic rings. The molecule has 0 saturated carbocycles. The first kappa shape index (κ1) is 40.4. The van der Waals surface area contributed by atoms with Crippen molar-refractivity contribution in [3.05, 3.63) is 85.8 Å². The maximum Gasteiger partial charge on any atom is 0.239 e. The number of aliphatic hydroxyl groups excluding tert-OH is 1. The van der Waals surface area contributed by atoms with Crippen molar-refractivity contribution in [3.63, 3.8) is 0 Å². The molecule has 0 atom stereocenters. The number of thioether (sulfide) groups is 1. The van der Waals surface area contributed by atoms with Crippen molar-refractivity contribution in [1.82, 2.24) is 4.98 Å². The fourth-order valence-electron chi connectivity index (χ4n) is 6.33. The number of phenolic OH excluding ortho intramolecular Hbond substituents is 4. The van der Waals surface area contributed by atoms with Gasteiger partial charge in [0.1, 0.15) is 41.8 Å². The summed E-state index contributed by atoms with van der Waals surface area (Å²) in [6, 6.07) is 5.62. The SMILES string of the molecule is CCCCN(CCCC)c1ncc(/C=C/c2cc(O)c(C3=C(O)C(=c4c(O)cc(=C/C=C5\C=CC(=[N+](CCCC)CCCC)S5)cc4O)C3=O)c(O)c2)s1. The average Bonchev–Trinajstić information content (AvgIpc) is 3.83. The number of aromatic nitrogens is 1. The average molecular weight is 771 g/mol. The minimum Gasteiger partial charge on any atom is -0.507 e. The van der Waals surface area contributed by atoms with Gasteiger partial charge in [-0.2, -0.15) is 0 Å².